The molecule has 1 fully saturated rings. The molecule has 0 saturated carbocycles. The molecule has 9 heteroatoms. The number of carbonyl (C=O) groups is 3. The zero-order valence-corrected chi connectivity index (χ0v) is 21.9. The molecule has 0 spiro atoms. The van der Waals surface area contributed by atoms with Crippen LogP contribution in [0, 0.1) is 0 Å². The largest absolute Gasteiger partial charge is 0.447 e. The molecule has 1 saturated heterocycles. The maximum atomic E-state index is 12.7. The summed E-state index contributed by atoms with van der Waals surface area (Å²) >= 11 is 6.36. The molecule has 1 aliphatic heterocycles. The summed E-state index contributed by atoms with van der Waals surface area (Å²) in [5.74, 6) is -0.158. The fraction of sp³-hybridized carbons (Fsp3) is 0.444. The number of carbonyl (C=O) groups excluding carboxylic acids is 3. The van der Waals surface area contributed by atoms with Crippen LogP contribution >= 0.6 is 11.6 Å². The van der Waals surface area contributed by atoms with Crippen LogP contribution in [0.1, 0.15) is 44.7 Å². The summed E-state index contributed by atoms with van der Waals surface area (Å²) in [6, 6.07) is 14.8. The third-order valence-corrected chi connectivity index (χ3v) is 7.02. The third kappa shape index (κ3) is 6.77. The number of nitrogens with zero attached hydrogens (tertiary/aromatic N) is 2. The highest BCUT2D eigenvalue weighted by Gasteiger charge is 2.43. The number of anilines is 1. The molecule has 3 amide bonds. The van der Waals surface area contributed by atoms with Crippen molar-refractivity contribution in [2.75, 3.05) is 25.0 Å². The van der Waals surface area contributed by atoms with E-state index < -0.39 is 17.2 Å². The molecule has 1 heterocycles. The molecule has 0 atom stereocenters. The first-order valence-corrected chi connectivity index (χ1v) is 12.5. The van der Waals surface area contributed by atoms with Gasteiger partial charge in [0.2, 0.25) is 12.3 Å². The Balaban J connectivity index is 1.76. The number of ether oxygens (including phenoxy) is 1. The second-order valence-electron chi connectivity index (χ2n) is 9.81. The van der Waals surface area contributed by atoms with Crippen molar-refractivity contribution in [2.24, 2.45) is 5.73 Å². The molecule has 1 aliphatic rings. The number of amides is 3. The monoisotopic (exact) mass is 514 g/mol. The Morgan fingerprint density at radius 3 is 2.36 bits per heavy atom. The summed E-state index contributed by atoms with van der Waals surface area (Å²) in [6.07, 6.45) is 1.91. The summed E-state index contributed by atoms with van der Waals surface area (Å²) in [6.45, 7) is 6.40. The first kappa shape index (κ1) is 27.5. The Morgan fingerprint density at radius 2 is 1.81 bits per heavy atom. The molecule has 194 valence electrons. The first-order valence-electron chi connectivity index (χ1n) is 12.1. The van der Waals surface area contributed by atoms with Gasteiger partial charge in [-0.15, -0.1) is 0 Å². The van der Waals surface area contributed by atoms with Crippen LogP contribution in [-0.2, 0) is 27.3 Å². The van der Waals surface area contributed by atoms with Gasteiger partial charge in [0.25, 0.3) is 0 Å². The molecule has 8 nitrogen and oxygen atoms in total. The van der Waals surface area contributed by atoms with E-state index in [1.807, 2.05) is 42.5 Å². The molecule has 0 aromatic heterocycles. The highest BCUT2D eigenvalue weighted by atomic mass is 35.5. The number of rotatable bonds is 9. The van der Waals surface area contributed by atoms with E-state index in [0.717, 1.165) is 24.0 Å². The lowest BCUT2D eigenvalue weighted by Crippen LogP contribution is -2.61. The number of hydrogen-bond acceptors (Lipinski definition) is 5. The molecule has 36 heavy (non-hydrogen) atoms. The minimum atomic E-state index is -0.994. The van der Waals surface area contributed by atoms with E-state index in [9.17, 15) is 14.4 Å². The molecule has 2 aromatic carbocycles. The Hall–Kier alpha value is -3.10. The molecule has 0 unspecified atom stereocenters. The van der Waals surface area contributed by atoms with Crippen LogP contribution in [-0.4, -0.2) is 59.0 Å². The summed E-state index contributed by atoms with van der Waals surface area (Å²) in [5.41, 5.74) is 6.79. The van der Waals surface area contributed by atoms with Gasteiger partial charge in [0.15, 0.2) is 0 Å². The topological polar surface area (TPSA) is 105 Å². The molecular formula is C27H35ClN4O4. The van der Waals surface area contributed by atoms with Crippen LogP contribution in [0.5, 0.6) is 0 Å². The lowest BCUT2D eigenvalue weighted by atomic mass is 9.85. The minimum Gasteiger partial charge on any atom is -0.447 e. The van der Waals surface area contributed by atoms with Crippen molar-refractivity contribution in [3.8, 4) is 0 Å². The van der Waals surface area contributed by atoms with Crippen LogP contribution in [0.2, 0.25) is 5.02 Å². The highest BCUT2D eigenvalue weighted by Crippen LogP contribution is 2.32. The number of aryl methyl sites for hydroxylation is 1. The van der Waals surface area contributed by atoms with Gasteiger partial charge in [0.1, 0.15) is 6.61 Å². The van der Waals surface area contributed by atoms with Crippen molar-refractivity contribution in [1.29, 1.82) is 0 Å². The number of piperidine rings is 1. The quantitative estimate of drug-likeness (QED) is 0.488. The lowest BCUT2D eigenvalue weighted by molar-refractivity contribution is -0.141. The predicted octanol–water partition coefficient (Wildman–Crippen LogP) is 4.21. The van der Waals surface area contributed by atoms with Crippen molar-refractivity contribution in [1.82, 2.24) is 9.80 Å². The van der Waals surface area contributed by atoms with Crippen molar-refractivity contribution in [2.45, 2.75) is 57.7 Å². The van der Waals surface area contributed by atoms with Crippen LogP contribution in [0.3, 0.4) is 0 Å². The lowest BCUT2D eigenvalue weighted by Gasteiger charge is -2.47. The van der Waals surface area contributed by atoms with Gasteiger partial charge in [0.05, 0.1) is 11.1 Å². The number of likely N-dealkylation sites (tertiary alicyclic amines) is 1. The fourth-order valence-electron chi connectivity index (χ4n) is 4.35. The van der Waals surface area contributed by atoms with Crippen LogP contribution in [0.4, 0.5) is 10.5 Å². The Kier molecular flexibility index (Phi) is 8.98. The van der Waals surface area contributed by atoms with Gasteiger partial charge in [-0.25, -0.2) is 4.79 Å². The van der Waals surface area contributed by atoms with E-state index in [1.54, 1.807) is 29.7 Å². The Morgan fingerprint density at radius 1 is 1.17 bits per heavy atom. The molecule has 0 radical (unpaired) electrons. The number of nitrogens with one attached hydrogen (secondary N) is 1. The van der Waals surface area contributed by atoms with Crippen LogP contribution < -0.4 is 11.1 Å². The van der Waals surface area contributed by atoms with E-state index in [4.69, 9.17) is 22.1 Å². The summed E-state index contributed by atoms with van der Waals surface area (Å²) in [4.78, 5) is 41.0. The van der Waals surface area contributed by atoms with Gasteiger partial charge in [-0.2, -0.15) is 0 Å². The highest BCUT2D eigenvalue weighted by molar-refractivity contribution is 6.31. The van der Waals surface area contributed by atoms with Crippen LogP contribution in [0.25, 0.3) is 0 Å². The van der Waals surface area contributed by atoms with Crippen molar-refractivity contribution in [3.05, 3.63) is 64.7 Å². The van der Waals surface area contributed by atoms with E-state index in [2.05, 4.69) is 12.2 Å². The van der Waals surface area contributed by atoms with E-state index in [0.29, 0.717) is 36.6 Å². The smallest absolute Gasteiger partial charge is 0.411 e. The standard InChI is InChI=1S/C27H35ClN4O4/c1-4-20-9-11-22(12-10-20)30-25(35)36-18-27(13-15-31(16-14-27)24(34)26(2,3)29)32(19-33)17-21-7-5-6-8-23(21)28/h5-12,19H,4,13-18,29H2,1-3H3,(H,30,35). The second kappa shape index (κ2) is 11.8. The van der Waals surface area contributed by atoms with E-state index in [-0.39, 0.29) is 19.1 Å². The SMILES string of the molecule is CCc1ccc(NC(=O)OCC2(N(C=O)Cc3ccccc3Cl)CCN(C(=O)C(C)(C)N)CC2)cc1. The van der Waals surface area contributed by atoms with Crippen molar-refractivity contribution < 1.29 is 19.1 Å². The van der Waals surface area contributed by atoms with Crippen LogP contribution in [0.15, 0.2) is 48.5 Å². The van der Waals surface area contributed by atoms with Crippen molar-refractivity contribution >= 4 is 35.7 Å². The fourth-order valence-corrected chi connectivity index (χ4v) is 4.55. The number of hydrogen-bond donors (Lipinski definition) is 2. The molecule has 2 aromatic rings. The number of halogens is 1. The van der Waals surface area contributed by atoms with E-state index in [1.165, 1.54) is 0 Å². The van der Waals surface area contributed by atoms with Gasteiger partial charge < -0.3 is 20.3 Å². The molecule has 3 rings (SSSR count). The van der Waals surface area contributed by atoms with Gasteiger partial charge in [-0.3, -0.25) is 14.9 Å². The Labute approximate surface area is 217 Å². The van der Waals surface area contributed by atoms with E-state index >= 15 is 0 Å². The summed E-state index contributed by atoms with van der Waals surface area (Å²) in [5, 5.41) is 3.29. The molecule has 3 N–H and O–H groups in total. The summed E-state index contributed by atoms with van der Waals surface area (Å²) < 4.78 is 5.65. The minimum absolute atomic E-state index is 0.0247. The average Bonchev–Trinajstić information content (AvgIpc) is 2.87. The molecule has 0 aliphatic carbocycles. The van der Waals surface area contributed by atoms with Gasteiger partial charge >= 0.3 is 6.09 Å². The van der Waals surface area contributed by atoms with Gasteiger partial charge in [0, 0.05) is 30.3 Å². The predicted molar refractivity (Wildman–Crippen MR) is 141 cm³/mol. The third-order valence-electron chi connectivity index (χ3n) is 6.65. The zero-order chi connectivity index (χ0) is 26.3. The maximum absolute atomic E-state index is 12.7. The molecule has 0 bridgehead atoms. The maximum Gasteiger partial charge on any atom is 0.411 e. The summed E-state index contributed by atoms with van der Waals surface area (Å²) in [7, 11) is 0. The number of benzene rings is 2. The Bertz CT molecular complexity index is 1060. The van der Waals surface area contributed by atoms with Crippen molar-refractivity contribution in [3.63, 3.8) is 0 Å². The van der Waals surface area contributed by atoms with Gasteiger partial charge in [-0.1, -0.05) is 48.9 Å². The first-order chi connectivity index (χ1) is 17.1. The second-order valence-corrected chi connectivity index (χ2v) is 10.2. The average molecular weight is 515 g/mol. The molecular weight excluding hydrogens is 480 g/mol. The zero-order valence-electron chi connectivity index (χ0n) is 21.1. The normalized spacial score (nSPS) is 15.2. The van der Waals surface area contributed by atoms with Gasteiger partial charge in [-0.05, 0) is 62.4 Å². The number of nitrogens with two attached hydrogens (primary N) is 1.